The molecule has 0 unspecified atom stereocenters. The fraction of sp³-hybridized carbons (Fsp3) is 0. The van der Waals surface area contributed by atoms with Crippen LogP contribution in [-0.4, -0.2) is 14.1 Å². The summed E-state index contributed by atoms with van der Waals surface area (Å²) in [5.41, 5.74) is 19.1. The monoisotopic (exact) mass is 890 g/mol. The molecule has 0 aliphatic heterocycles. The summed E-state index contributed by atoms with van der Waals surface area (Å²) in [6.45, 7) is 0. The molecule has 0 fully saturated rings. The highest BCUT2D eigenvalue weighted by atomic mass is 15.0. The molecule has 0 aliphatic rings. The van der Waals surface area contributed by atoms with Crippen molar-refractivity contribution >= 4 is 43.6 Å². The Morgan fingerprint density at radius 2 is 0.629 bits per heavy atom. The van der Waals surface area contributed by atoms with Gasteiger partial charge in [-0.1, -0.05) is 182 Å². The number of aromatic nitrogens is 3. The highest BCUT2D eigenvalue weighted by Gasteiger charge is 2.25. The van der Waals surface area contributed by atoms with E-state index in [-0.39, 0.29) is 0 Å². The summed E-state index contributed by atoms with van der Waals surface area (Å²) >= 11 is 0. The summed E-state index contributed by atoms with van der Waals surface area (Å²) < 4.78 is 4.63. The molecule has 0 radical (unpaired) electrons. The van der Waals surface area contributed by atoms with Crippen LogP contribution in [0.3, 0.4) is 0 Å². The second-order valence-corrected chi connectivity index (χ2v) is 17.8. The molecule has 3 aromatic heterocycles. The van der Waals surface area contributed by atoms with E-state index in [1.54, 1.807) is 0 Å². The van der Waals surface area contributed by atoms with Gasteiger partial charge < -0.3 is 9.13 Å². The Kier molecular flexibility index (Phi) is 9.85. The summed E-state index contributed by atoms with van der Waals surface area (Å²) in [6, 6.07) is 90.9. The molecule has 4 heteroatoms. The first-order valence-electron chi connectivity index (χ1n) is 23.7. The number of rotatable bonds is 8. The second kappa shape index (κ2) is 16.9. The SMILES string of the molecule is N#Cc1c(-n2c3ccc(-c4ccccc4)cc3c3cc(-c4ccccc4)ccc32)cc(-c2cccnc2-c2ccccc2)cc1-n1c2ccc(-c3ccccc3)cc2c2cc(-c3ccccc3)ccc21. The van der Waals surface area contributed by atoms with E-state index in [0.29, 0.717) is 5.56 Å². The van der Waals surface area contributed by atoms with Crippen LogP contribution in [0.2, 0.25) is 0 Å². The van der Waals surface area contributed by atoms with Crippen molar-refractivity contribution in [1.82, 2.24) is 14.1 Å². The lowest BCUT2D eigenvalue weighted by molar-refractivity contribution is 1.12. The first-order chi connectivity index (χ1) is 34.7. The zero-order chi connectivity index (χ0) is 46.5. The van der Waals surface area contributed by atoms with Gasteiger partial charge in [0.15, 0.2) is 0 Å². The second-order valence-electron chi connectivity index (χ2n) is 17.8. The minimum Gasteiger partial charge on any atom is -0.308 e. The predicted octanol–water partition coefficient (Wildman–Crippen LogP) is 17.1. The van der Waals surface area contributed by atoms with Gasteiger partial charge in [0.1, 0.15) is 11.6 Å². The Morgan fingerprint density at radius 3 is 0.957 bits per heavy atom. The van der Waals surface area contributed by atoms with Crippen LogP contribution < -0.4 is 0 Å². The fourth-order valence-corrected chi connectivity index (χ4v) is 10.5. The van der Waals surface area contributed by atoms with Gasteiger partial charge >= 0.3 is 0 Å². The Bertz CT molecular complexity index is 3730. The lowest BCUT2D eigenvalue weighted by atomic mass is 9.96. The number of nitrogens with zero attached hydrogens (tertiary/aromatic N) is 4. The molecule has 4 nitrogen and oxygen atoms in total. The fourth-order valence-electron chi connectivity index (χ4n) is 10.5. The Hall–Kier alpha value is -9.56. The van der Waals surface area contributed by atoms with Gasteiger partial charge in [-0.15, -0.1) is 0 Å². The molecule has 0 atom stereocenters. The van der Waals surface area contributed by atoms with Crippen LogP contribution in [0, 0.1) is 11.3 Å². The van der Waals surface area contributed by atoms with Gasteiger partial charge in [0.2, 0.25) is 0 Å². The Balaban J connectivity index is 1.15. The molecule has 3 heterocycles. The molecule has 0 aliphatic carbocycles. The molecule has 326 valence electrons. The van der Waals surface area contributed by atoms with E-state index in [1.807, 2.05) is 18.3 Å². The molecule has 0 N–H and O–H groups in total. The molecule has 70 heavy (non-hydrogen) atoms. The van der Waals surface area contributed by atoms with Gasteiger partial charge in [-0.05, 0) is 117 Å². The molecule has 0 bridgehead atoms. The van der Waals surface area contributed by atoms with Crippen molar-refractivity contribution in [2.24, 2.45) is 0 Å². The van der Waals surface area contributed by atoms with Gasteiger partial charge in [0.25, 0.3) is 0 Å². The number of pyridine rings is 1. The van der Waals surface area contributed by atoms with Gasteiger partial charge in [-0.3, -0.25) is 4.98 Å². The first-order valence-corrected chi connectivity index (χ1v) is 23.7. The van der Waals surface area contributed by atoms with Crippen molar-refractivity contribution in [2.45, 2.75) is 0 Å². The molecular weight excluding hydrogens is 849 g/mol. The predicted molar refractivity (Wildman–Crippen MR) is 290 cm³/mol. The average Bonchev–Trinajstić information content (AvgIpc) is 3.95. The van der Waals surface area contributed by atoms with Crippen LogP contribution >= 0.6 is 0 Å². The summed E-state index contributed by atoms with van der Waals surface area (Å²) in [7, 11) is 0. The maximum absolute atomic E-state index is 11.9. The Labute approximate surface area is 405 Å². The Morgan fingerprint density at radius 1 is 0.300 bits per heavy atom. The normalized spacial score (nSPS) is 11.4. The number of benzene rings is 10. The first kappa shape index (κ1) is 40.7. The van der Waals surface area contributed by atoms with E-state index in [4.69, 9.17) is 4.98 Å². The zero-order valence-corrected chi connectivity index (χ0v) is 38.0. The van der Waals surface area contributed by atoms with Crippen LogP contribution in [0.5, 0.6) is 0 Å². The van der Waals surface area contributed by atoms with E-state index in [2.05, 4.69) is 252 Å². The smallest absolute Gasteiger partial charge is 0.104 e. The third-order valence-corrected chi connectivity index (χ3v) is 13.8. The lowest BCUT2D eigenvalue weighted by Gasteiger charge is -2.19. The maximum Gasteiger partial charge on any atom is 0.104 e. The maximum atomic E-state index is 11.9. The molecule has 0 saturated heterocycles. The van der Waals surface area contributed by atoms with Crippen molar-refractivity contribution in [1.29, 1.82) is 5.26 Å². The molecule has 13 rings (SSSR count). The van der Waals surface area contributed by atoms with Gasteiger partial charge in [-0.25, -0.2) is 0 Å². The highest BCUT2D eigenvalue weighted by molar-refractivity contribution is 6.14. The van der Waals surface area contributed by atoms with Crippen molar-refractivity contribution in [2.75, 3.05) is 0 Å². The van der Waals surface area contributed by atoms with E-state index in [0.717, 1.165) is 122 Å². The van der Waals surface area contributed by atoms with Crippen molar-refractivity contribution in [3.8, 4) is 84.3 Å². The number of nitriles is 1. The summed E-state index contributed by atoms with van der Waals surface area (Å²) in [6.07, 6.45) is 1.86. The molecular formula is C66H42N4. The number of hydrogen-bond donors (Lipinski definition) is 0. The average molecular weight is 891 g/mol. The minimum atomic E-state index is 0.560. The van der Waals surface area contributed by atoms with E-state index in [9.17, 15) is 5.26 Å². The third-order valence-electron chi connectivity index (χ3n) is 13.8. The molecule has 0 spiro atoms. The quantitative estimate of drug-likeness (QED) is 0.153. The summed E-state index contributed by atoms with van der Waals surface area (Å²) in [5, 5.41) is 16.3. The van der Waals surface area contributed by atoms with Gasteiger partial charge in [-0.2, -0.15) is 5.26 Å². The minimum absolute atomic E-state index is 0.560. The van der Waals surface area contributed by atoms with Gasteiger partial charge in [0.05, 0.1) is 39.1 Å². The van der Waals surface area contributed by atoms with Crippen molar-refractivity contribution < 1.29 is 0 Å². The summed E-state index contributed by atoms with van der Waals surface area (Å²) in [4.78, 5) is 5.03. The lowest BCUT2D eigenvalue weighted by Crippen LogP contribution is -2.05. The van der Waals surface area contributed by atoms with Crippen molar-refractivity contribution in [3.05, 3.63) is 260 Å². The highest BCUT2D eigenvalue weighted by Crippen LogP contribution is 2.44. The molecule has 10 aromatic carbocycles. The van der Waals surface area contributed by atoms with Crippen molar-refractivity contribution in [3.63, 3.8) is 0 Å². The third kappa shape index (κ3) is 6.88. The van der Waals surface area contributed by atoms with E-state index >= 15 is 0 Å². The molecule has 0 saturated carbocycles. The zero-order valence-electron chi connectivity index (χ0n) is 38.0. The van der Waals surface area contributed by atoms with Crippen LogP contribution in [0.1, 0.15) is 5.56 Å². The topological polar surface area (TPSA) is 46.5 Å². The van der Waals surface area contributed by atoms with Crippen LogP contribution in [0.25, 0.3) is 122 Å². The molecule has 13 aromatic rings. The van der Waals surface area contributed by atoms with Gasteiger partial charge in [0, 0.05) is 38.9 Å². The largest absolute Gasteiger partial charge is 0.308 e. The number of hydrogen-bond acceptors (Lipinski definition) is 2. The summed E-state index contributed by atoms with van der Waals surface area (Å²) in [5.74, 6) is 0. The van der Waals surface area contributed by atoms with E-state index < -0.39 is 0 Å². The van der Waals surface area contributed by atoms with Crippen LogP contribution in [-0.2, 0) is 0 Å². The number of fused-ring (bicyclic) bond motifs is 6. The van der Waals surface area contributed by atoms with Crippen LogP contribution in [0.4, 0.5) is 0 Å². The molecule has 0 amide bonds. The standard InChI is InChI=1S/C66H42N4/c67-43-59-64(69-60-32-28-49(44-17-6-1-7-18-44)37-55(60)56-38-50(29-33-61(56)69)45-19-8-2-9-20-45)41-53(54-27-16-36-68-66(54)48-25-14-5-15-26-48)42-65(59)70-62-34-30-51(46-21-10-3-11-22-46)39-57(62)58-40-52(31-35-63(58)70)47-23-12-4-13-24-47/h1-42H. The van der Waals surface area contributed by atoms with Crippen LogP contribution in [0.15, 0.2) is 255 Å². The van der Waals surface area contributed by atoms with E-state index in [1.165, 1.54) is 0 Å².